The maximum absolute atomic E-state index is 13.7. The number of ether oxygens (including phenoxy) is 1. The number of aliphatic hydroxyl groups is 1. The van der Waals surface area contributed by atoms with Crippen LogP contribution in [0.3, 0.4) is 0 Å². The van der Waals surface area contributed by atoms with Gasteiger partial charge < -0.3 is 15.2 Å². The number of pyridine rings is 1. The van der Waals surface area contributed by atoms with Crippen molar-refractivity contribution in [2.75, 3.05) is 12.4 Å². The van der Waals surface area contributed by atoms with Crippen molar-refractivity contribution in [3.05, 3.63) is 47.9 Å². The number of amides is 1. The predicted molar refractivity (Wildman–Crippen MR) is 111 cm³/mol. The van der Waals surface area contributed by atoms with Crippen LogP contribution < -0.4 is 14.8 Å². The van der Waals surface area contributed by atoms with Crippen molar-refractivity contribution in [3.63, 3.8) is 0 Å². The van der Waals surface area contributed by atoms with Crippen LogP contribution in [-0.4, -0.2) is 39.2 Å². The SMILES string of the molecule is COc1cc2nn([C@H]3CC[C@H](O)CC3)cc2cc1NC(=O)c1cccc(C(C)(F)F)[n+]1O. The third-order valence-electron chi connectivity index (χ3n) is 5.78. The van der Waals surface area contributed by atoms with Gasteiger partial charge in [0.1, 0.15) is 5.75 Å². The molecule has 3 aromatic rings. The van der Waals surface area contributed by atoms with Gasteiger partial charge in [0.25, 0.3) is 0 Å². The number of anilines is 1. The van der Waals surface area contributed by atoms with E-state index in [1.165, 1.54) is 19.2 Å². The molecule has 0 atom stereocenters. The molecule has 1 saturated carbocycles. The van der Waals surface area contributed by atoms with Crippen molar-refractivity contribution in [2.24, 2.45) is 0 Å². The molecule has 0 radical (unpaired) electrons. The summed E-state index contributed by atoms with van der Waals surface area (Å²) < 4.78 is 34.8. The lowest BCUT2D eigenvalue weighted by molar-refractivity contribution is -0.914. The topological polar surface area (TPSA) is 100 Å². The van der Waals surface area contributed by atoms with Crippen LogP contribution in [0.5, 0.6) is 5.75 Å². The molecular formula is C22H25F2N4O4+. The lowest BCUT2D eigenvalue weighted by Gasteiger charge is -2.25. The average molecular weight is 447 g/mol. The van der Waals surface area contributed by atoms with Crippen LogP contribution in [0.2, 0.25) is 0 Å². The van der Waals surface area contributed by atoms with Crippen LogP contribution in [0.4, 0.5) is 14.5 Å². The summed E-state index contributed by atoms with van der Waals surface area (Å²) in [5.74, 6) is -3.76. The summed E-state index contributed by atoms with van der Waals surface area (Å²) in [6.45, 7) is 0.637. The molecule has 2 heterocycles. The molecule has 3 N–H and O–H groups in total. The quantitative estimate of drug-likeness (QED) is 0.411. The highest BCUT2D eigenvalue weighted by Gasteiger charge is 2.38. The summed E-state index contributed by atoms with van der Waals surface area (Å²) in [4.78, 5) is 12.8. The van der Waals surface area contributed by atoms with Gasteiger partial charge in [0.15, 0.2) is 0 Å². The minimum Gasteiger partial charge on any atom is -0.494 e. The van der Waals surface area contributed by atoms with E-state index in [1.807, 2.05) is 10.9 Å². The first kappa shape index (κ1) is 21.9. The van der Waals surface area contributed by atoms with Gasteiger partial charge in [-0.05, 0) is 37.8 Å². The van der Waals surface area contributed by atoms with Crippen LogP contribution in [0.15, 0.2) is 36.5 Å². The Bertz CT molecular complexity index is 1150. The second-order valence-electron chi connectivity index (χ2n) is 8.13. The molecule has 0 spiro atoms. The Morgan fingerprint density at radius 2 is 2.00 bits per heavy atom. The van der Waals surface area contributed by atoms with E-state index in [-0.39, 0.29) is 22.6 Å². The first-order valence-corrected chi connectivity index (χ1v) is 10.4. The molecule has 1 fully saturated rings. The predicted octanol–water partition coefficient (Wildman–Crippen LogP) is 3.41. The maximum Gasteiger partial charge on any atom is 0.332 e. The van der Waals surface area contributed by atoms with Crippen molar-refractivity contribution in [1.29, 1.82) is 0 Å². The van der Waals surface area contributed by atoms with Crippen molar-refractivity contribution >= 4 is 22.5 Å². The summed E-state index contributed by atoms with van der Waals surface area (Å²) >= 11 is 0. The smallest absolute Gasteiger partial charge is 0.332 e. The van der Waals surface area contributed by atoms with Crippen LogP contribution in [0.1, 0.15) is 54.8 Å². The summed E-state index contributed by atoms with van der Waals surface area (Å²) in [5, 5.41) is 27.9. The van der Waals surface area contributed by atoms with E-state index in [1.54, 1.807) is 12.1 Å². The number of carbonyl (C=O) groups excluding carboxylic acids is 1. The highest BCUT2D eigenvalue weighted by atomic mass is 19.3. The fraction of sp³-hybridized carbons (Fsp3) is 0.409. The number of halogens is 2. The number of nitrogens with one attached hydrogen (secondary N) is 1. The van der Waals surface area contributed by atoms with Crippen LogP contribution in [-0.2, 0) is 5.92 Å². The van der Waals surface area contributed by atoms with Gasteiger partial charge in [-0.15, -0.1) is 0 Å². The van der Waals surface area contributed by atoms with Gasteiger partial charge in [-0.3, -0.25) is 14.7 Å². The van der Waals surface area contributed by atoms with Crippen LogP contribution in [0.25, 0.3) is 10.9 Å². The Morgan fingerprint density at radius 3 is 2.66 bits per heavy atom. The largest absolute Gasteiger partial charge is 0.494 e. The second-order valence-corrected chi connectivity index (χ2v) is 8.13. The molecule has 1 amide bonds. The molecule has 1 aliphatic carbocycles. The van der Waals surface area contributed by atoms with Crippen molar-refractivity contribution < 1.29 is 33.4 Å². The number of methoxy groups -OCH3 is 1. The summed E-state index contributed by atoms with van der Waals surface area (Å²) in [7, 11) is 1.45. The zero-order valence-corrected chi connectivity index (χ0v) is 17.8. The number of fused-ring (bicyclic) bond motifs is 1. The molecule has 0 unspecified atom stereocenters. The van der Waals surface area contributed by atoms with Gasteiger partial charge in [0, 0.05) is 41.4 Å². The van der Waals surface area contributed by atoms with E-state index in [9.17, 15) is 23.9 Å². The number of carbonyl (C=O) groups is 1. The normalized spacial score (nSPS) is 19.2. The summed E-state index contributed by atoms with van der Waals surface area (Å²) in [5.41, 5.74) is -0.0535. The van der Waals surface area contributed by atoms with E-state index in [2.05, 4.69) is 10.4 Å². The highest BCUT2D eigenvalue weighted by molar-refractivity contribution is 6.04. The Morgan fingerprint density at radius 1 is 1.28 bits per heavy atom. The average Bonchev–Trinajstić information content (AvgIpc) is 3.15. The van der Waals surface area contributed by atoms with Crippen molar-refractivity contribution in [3.8, 4) is 5.75 Å². The Kier molecular flexibility index (Phi) is 5.72. The standard InChI is InChI=1S/C22H24F2N4O4/c1-22(23,24)20-5-3-4-18(28(20)31)21(30)25-17-10-13-12-27(14-6-8-15(29)9-7-14)26-16(13)11-19(17)32-2/h3-5,10-12,14-15,29H,6-9H2,1-2H3,(H-,25,30,31)/p+1/t14-,15-. The third-order valence-corrected chi connectivity index (χ3v) is 5.78. The van der Waals surface area contributed by atoms with E-state index in [4.69, 9.17) is 4.74 Å². The first-order chi connectivity index (χ1) is 15.2. The number of rotatable bonds is 5. The minimum atomic E-state index is -3.33. The summed E-state index contributed by atoms with van der Waals surface area (Å²) in [6, 6.07) is 7.12. The number of aromatic nitrogens is 3. The molecule has 2 aromatic heterocycles. The molecule has 10 heteroatoms. The zero-order valence-electron chi connectivity index (χ0n) is 17.8. The lowest BCUT2D eigenvalue weighted by atomic mass is 9.93. The van der Waals surface area contributed by atoms with Crippen molar-refractivity contribution in [2.45, 2.75) is 50.7 Å². The second kappa shape index (κ2) is 8.34. The molecule has 0 aliphatic heterocycles. The van der Waals surface area contributed by atoms with Crippen LogP contribution >= 0.6 is 0 Å². The van der Waals surface area contributed by atoms with Gasteiger partial charge in [0.05, 0.1) is 30.5 Å². The number of hydrogen-bond acceptors (Lipinski definition) is 5. The van der Waals surface area contributed by atoms with E-state index >= 15 is 0 Å². The van der Waals surface area contributed by atoms with Gasteiger partial charge >= 0.3 is 23.2 Å². The Balaban J connectivity index is 1.63. The van der Waals surface area contributed by atoms with Gasteiger partial charge in [-0.2, -0.15) is 13.9 Å². The number of nitrogens with zero attached hydrogens (tertiary/aromatic N) is 3. The molecule has 8 nitrogen and oxygen atoms in total. The molecule has 32 heavy (non-hydrogen) atoms. The Labute approximate surface area is 183 Å². The van der Waals surface area contributed by atoms with Gasteiger partial charge in [0.2, 0.25) is 0 Å². The number of alkyl halides is 2. The minimum absolute atomic E-state index is 0.182. The van der Waals surface area contributed by atoms with Crippen molar-refractivity contribution in [1.82, 2.24) is 9.78 Å². The molecule has 170 valence electrons. The highest BCUT2D eigenvalue weighted by Crippen LogP contribution is 2.33. The van der Waals surface area contributed by atoms with E-state index in [0.29, 0.717) is 23.9 Å². The zero-order chi connectivity index (χ0) is 23.0. The fourth-order valence-electron chi connectivity index (χ4n) is 4.04. The van der Waals surface area contributed by atoms with E-state index in [0.717, 1.165) is 37.1 Å². The molecule has 0 saturated heterocycles. The summed E-state index contributed by atoms with van der Waals surface area (Å²) in [6.07, 6.45) is 4.70. The molecule has 4 rings (SSSR count). The molecular weight excluding hydrogens is 422 g/mol. The number of hydrogen-bond donors (Lipinski definition) is 3. The monoisotopic (exact) mass is 447 g/mol. The van der Waals surface area contributed by atoms with E-state index < -0.39 is 17.5 Å². The van der Waals surface area contributed by atoms with Gasteiger partial charge in [-0.1, -0.05) is 0 Å². The van der Waals surface area contributed by atoms with Gasteiger partial charge in [-0.25, -0.2) is 0 Å². The molecule has 0 bridgehead atoms. The fourth-order valence-corrected chi connectivity index (χ4v) is 4.04. The third kappa shape index (κ3) is 4.22. The molecule has 1 aromatic carbocycles. The lowest BCUT2D eigenvalue weighted by Crippen LogP contribution is -2.46. The molecule has 1 aliphatic rings. The first-order valence-electron chi connectivity index (χ1n) is 10.4. The van der Waals surface area contributed by atoms with Crippen LogP contribution in [0, 0.1) is 0 Å². The number of benzene rings is 1. The maximum atomic E-state index is 13.7. The Hall–Kier alpha value is -3.27. The number of aliphatic hydroxyl groups excluding tert-OH is 1.